The monoisotopic (exact) mass is 1060 g/mol. The minimum atomic E-state index is -1.12. The molecule has 14 rings (SSSR count). The number of cyclic esters (lactones) is 2. The van der Waals surface area contributed by atoms with Crippen molar-refractivity contribution in [2.75, 3.05) is 0 Å². The number of hydrogen-bond donors (Lipinski definition) is 1. The predicted octanol–water partition coefficient (Wildman–Crippen LogP) is 16.6. The number of fused-ring (bicyclic) bond motifs is 9. The van der Waals surface area contributed by atoms with Crippen molar-refractivity contribution in [3.8, 4) is 0 Å². The lowest BCUT2D eigenvalue weighted by Gasteiger charge is -2.18. The van der Waals surface area contributed by atoms with E-state index in [0.29, 0.717) is 49.0 Å². The topological polar surface area (TPSA) is 132 Å². The van der Waals surface area contributed by atoms with Gasteiger partial charge in [-0.1, -0.05) is 138 Å². The summed E-state index contributed by atoms with van der Waals surface area (Å²) in [7, 11) is 0. The van der Waals surface area contributed by atoms with E-state index in [-0.39, 0.29) is 28.5 Å². The molecule has 12 aromatic rings. The molecule has 11 heteroatoms. The summed E-state index contributed by atoms with van der Waals surface area (Å²) in [5.74, 6) is -2.83. The zero-order valence-electron chi connectivity index (χ0n) is 40.2. The van der Waals surface area contributed by atoms with Crippen LogP contribution in [0.1, 0.15) is 78.8 Å². The molecule has 1 N–H and O–H groups in total. The summed E-state index contributed by atoms with van der Waals surface area (Å²) < 4.78 is 4.53. The Morgan fingerprint density at radius 1 is 0.312 bits per heavy atom. The van der Waals surface area contributed by atoms with Gasteiger partial charge in [0.2, 0.25) is 0 Å². The third-order valence-corrected chi connectivity index (χ3v) is 14.2. The summed E-state index contributed by atoms with van der Waals surface area (Å²) in [4.78, 5) is 71.9. The van der Waals surface area contributed by atoms with Crippen molar-refractivity contribution in [3.05, 3.63) is 284 Å². The molecule has 0 unspecified atom stereocenters. The fourth-order valence-corrected chi connectivity index (χ4v) is 10.1. The summed E-state index contributed by atoms with van der Waals surface area (Å²) >= 11 is 17.8. The highest BCUT2D eigenvalue weighted by Crippen LogP contribution is 2.33. The molecule has 0 atom stereocenters. The number of carbonyl (C=O) groups is 6. The minimum absolute atomic E-state index is 0.00125. The lowest BCUT2D eigenvalue weighted by Crippen LogP contribution is -2.20. The molecular formula is C66H37Cl3O8. The maximum absolute atomic E-state index is 12.6. The van der Waals surface area contributed by atoms with Gasteiger partial charge in [0, 0.05) is 48.4 Å². The van der Waals surface area contributed by atoms with Gasteiger partial charge in [0.1, 0.15) is 0 Å². The molecule has 1 aliphatic carbocycles. The molecule has 0 radical (unpaired) electrons. The highest BCUT2D eigenvalue weighted by Gasteiger charge is 2.31. The number of ether oxygens (including phenoxy) is 1. The summed E-state index contributed by atoms with van der Waals surface area (Å²) in [5, 5.41) is 24.0. The van der Waals surface area contributed by atoms with Crippen LogP contribution >= 0.6 is 34.8 Å². The van der Waals surface area contributed by atoms with Gasteiger partial charge < -0.3 is 9.84 Å². The van der Waals surface area contributed by atoms with E-state index in [4.69, 9.17) is 34.8 Å². The van der Waals surface area contributed by atoms with Gasteiger partial charge in [-0.3, -0.25) is 14.4 Å². The Kier molecular flexibility index (Phi) is 13.5. The number of carboxylic acids is 1. The number of carbonyl (C=O) groups excluding carboxylic acids is 5. The zero-order chi connectivity index (χ0) is 53.5. The molecule has 0 aromatic heterocycles. The van der Waals surface area contributed by atoms with Crippen LogP contribution in [0.5, 0.6) is 0 Å². The van der Waals surface area contributed by atoms with Gasteiger partial charge >= 0.3 is 17.9 Å². The Morgan fingerprint density at radius 2 is 0.649 bits per heavy atom. The van der Waals surface area contributed by atoms with Crippen LogP contribution in [0.25, 0.3) is 64.6 Å². The largest absolute Gasteiger partial charge is 0.478 e. The number of hydrogen-bond acceptors (Lipinski definition) is 7. The van der Waals surface area contributed by atoms with E-state index in [1.807, 2.05) is 84.9 Å². The van der Waals surface area contributed by atoms with E-state index < -0.39 is 17.9 Å². The third kappa shape index (κ3) is 10.0. The van der Waals surface area contributed by atoms with Gasteiger partial charge in [0.25, 0.3) is 0 Å². The van der Waals surface area contributed by atoms with E-state index in [1.54, 1.807) is 72.8 Å². The van der Waals surface area contributed by atoms with Crippen molar-refractivity contribution in [3.63, 3.8) is 0 Å². The molecule has 2 aliphatic rings. The molecule has 12 aromatic carbocycles. The Hall–Kier alpha value is -9.31. The van der Waals surface area contributed by atoms with Gasteiger partial charge in [-0.2, -0.15) is 0 Å². The second kappa shape index (κ2) is 20.8. The first kappa shape index (κ1) is 49.9. The van der Waals surface area contributed by atoms with Gasteiger partial charge in [-0.15, -0.1) is 0 Å². The van der Waals surface area contributed by atoms with Gasteiger partial charge in [0.15, 0.2) is 17.3 Å². The second-order valence-corrected chi connectivity index (χ2v) is 19.6. The molecule has 0 bridgehead atoms. The van der Waals surface area contributed by atoms with Gasteiger partial charge in [-0.25, -0.2) is 14.4 Å². The van der Waals surface area contributed by atoms with Crippen molar-refractivity contribution in [2.24, 2.45) is 0 Å². The van der Waals surface area contributed by atoms with Crippen LogP contribution in [0.2, 0.25) is 15.1 Å². The molecule has 0 fully saturated rings. The summed E-state index contributed by atoms with van der Waals surface area (Å²) in [5.41, 5.74) is 3.02. The van der Waals surface area contributed by atoms with Gasteiger partial charge in [-0.05, 0) is 180 Å². The Labute approximate surface area is 454 Å². The van der Waals surface area contributed by atoms with Crippen molar-refractivity contribution >= 4 is 135 Å². The highest BCUT2D eigenvalue weighted by atomic mass is 35.5. The lowest BCUT2D eigenvalue weighted by atomic mass is 9.83. The smallest absolute Gasteiger partial charge is 0.346 e. The Bertz CT molecular complexity index is 4440. The lowest BCUT2D eigenvalue weighted by molar-refractivity contribution is 0.0442. The van der Waals surface area contributed by atoms with E-state index in [2.05, 4.69) is 59.3 Å². The molecule has 0 spiro atoms. The van der Waals surface area contributed by atoms with E-state index >= 15 is 0 Å². The molecule has 8 nitrogen and oxygen atoms in total. The maximum atomic E-state index is 12.6. The fourth-order valence-electron chi connectivity index (χ4n) is 9.61. The van der Waals surface area contributed by atoms with E-state index in [1.165, 1.54) is 38.4 Å². The predicted molar refractivity (Wildman–Crippen MR) is 306 cm³/mol. The number of ketones is 3. The SMILES string of the molecule is Clc1ccc2cc3cc4ccccc4cc3cc2c1.O=C(O)c1cc2ccccc2cc1C(=O)c1ccc(Cl)cc1.O=C1OC(=O)c2cc3ccccc3cc21.O=C1c2ccc(Cl)cc2C(=O)c2cc3ccccc3cc21. The molecule has 77 heavy (non-hydrogen) atoms. The fraction of sp³-hybridized carbons (Fsp3) is 0. The first-order valence-corrected chi connectivity index (χ1v) is 25.2. The molecule has 0 saturated carbocycles. The number of benzene rings is 12. The second-order valence-electron chi connectivity index (χ2n) is 18.3. The average Bonchev–Trinajstić information content (AvgIpc) is 3.80. The molecule has 0 saturated heterocycles. The van der Waals surface area contributed by atoms with Crippen molar-refractivity contribution in [1.82, 2.24) is 0 Å². The summed E-state index contributed by atoms with van der Waals surface area (Å²) in [6.07, 6.45) is 0. The summed E-state index contributed by atoms with van der Waals surface area (Å²) in [6, 6.07) is 67.3. The van der Waals surface area contributed by atoms with E-state index in [0.717, 1.165) is 37.3 Å². The van der Waals surface area contributed by atoms with Crippen LogP contribution in [-0.4, -0.2) is 40.4 Å². The van der Waals surface area contributed by atoms with Crippen LogP contribution in [0.4, 0.5) is 0 Å². The minimum Gasteiger partial charge on any atom is -0.478 e. The molecule has 1 aliphatic heterocycles. The first-order valence-electron chi connectivity index (χ1n) is 24.1. The standard InChI is InChI=1S/C18H11ClO3.C18H9ClO2.C18H11Cl.C12H6O3/c19-14-7-5-11(6-8-14)17(20)15-9-12-3-1-2-4-13(12)10-16(15)18(21)22;19-12-5-6-13-16(9-12)18(21)15-8-11-4-2-1-3-10(11)7-14(15)17(13)20;19-18-6-5-14-9-15-7-12-3-1-2-4-13(12)8-16(15)10-17(14)11-18;13-11-9-5-7-3-1-2-4-8(7)6-10(9)12(14)15-11/h1-10H,(H,21,22);1-9H;1-11H;1-6H. The third-order valence-electron chi connectivity index (χ3n) is 13.4. The molecule has 1 heterocycles. The van der Waals surface area contributed by atoms with Gasteiger partial charge in [0.05, 0.1) is 16.7 Å². The first-order chi connectivity index (χ1) is 37.3. The Morgan fingerprint density at radius 3 is 1.13 bits per heavy atom. The normalized spacial score (nSPS) is 12.2. The summed E-state index contributed by atoms with van der Waals surface area (Å²) in [6.45, 7) is 0. The number of rotatable bonds is 3. The number of aromatic carboxylic acids is 1. The van der Waals surface area contributed by atoms with E-state index in [9.17, 15) is 33.9 Å². The molecular weight excluding hydrogens is 1030 g/mol. The van der Waals surface area contributed by atoms with Crippen LogP contribution < -0.4 is 0 Å². The molecule has 370 valence electrons. The maximum Gasteiger partial charge on any atom is 0.346 e. The zero-order valence-corrected chi connectivity index (χ0v) is 42.5. The van der Waals surface area contributed by atoms with Crippen molar-refractivity contribution in [1.29, 1.82) is 0 Å². The van der Waals surface area contributed by atoms with Crippen molar-refractivity contribution in [2.45, 2.75) is 0 Å². The van der Waals surface area contributed by atoms with Crippen LogP contribution in [0.15, 0.2) is 218 Å². The number of esters is 2. The van der Waals surface area contributed by atoms with Crippen molar-refractivity contribution < 1.29 is 38.6 Å². The number of halogens is 3. The average molecular weight is 1060 g/mol. The molecule has 0 amide bonds. The highest BCUT2D eigenvalue weighted by molar-refractivity contribution is 6.34. The van der Waals surface area contributed by atoms with Crippen LogP contribution in [0.3, 0.4) is 0 Å². The van der Waals surface area contributed by atoms with Crippen LogP contribution in [-0.2, 0) is 4.74 Å². The Balaban J connectivity index is 0.000000110. The van der Waals surface area contributed by atoms with Crippen LogP contribution in [0, 0.1) is 0 Å². The number of carboxylic acid groups (broad SMARTS) is 1. The quantitative estimate of drug-likeness (QED) is 0.0801.